The molecule has 0 unspecified atom stereocenters. The summed E-state index contributed by atoms with van der Waals surface area (Å²) in [5.41, 5.74) is 3.24. The maximum absolute atomic E-state index is 12.5. The molecular weight excluding hydrogens is 498 g/mol. The molecule has 0 spiro atoms. The molecule has 1 atom stereocenters. The summed E-state index contributed by atoms with van der Waals surface area (Å²) in [6, 6.07) is 14.4. The highest BCUT2D eigenvalue weighted by atomic mass is 35.5. The lowest BCUT2D eigenvalue weighted by Gasteiger charge is -2.36. The number of pyridine rings is 1. The zero-order chi connectivity index (χ0) is 25.1. The molecule has 2 aromatic heterocycles. The van der Waals surface area contributed by atoms with Crippen molar-refractivity contribution in [2.24, 2.45) is 4.99 Å². The highest BCUT2D eigenvalue weighted by Gasteiger charge is 2.23. The Morgan fingerprint density at radius 3 is 2.86 bits per heavy atom. The second-order valence-corrected chi connectivity index (χ2v) is 10.4. The van der Waals surface area contributed by atoms with Gasteiger partial charge < -0.3 is 20.2 Å². The number of anilines is 2. The standard InChI is InChI=1S/C26H26ClN5O3S/c27-24-9-8-23(36-24)26(35)29-15-18-16-31(13-10-28-18)21-7-6-19(32-12-2-1-5-25(32)34)14-22(21)30-11-3-4-20(33)17-30/h1-2,5-10,12,14,16,20,33H,3-4,11,13,15,17H2,(H,29,35)/t20-/m1/s1. The molecule has 1 saturated heterocycles. The summed E-state index contributed by atoms with van der Waals surface area (Å²) in [7, 11) is 0. The van der Waals surface area contributed by atoms with E-state index < -0.39 is 6.10 Å². The highest BCUT2D eigenvalue weighted by Crippen LogP contribution is 2.34. The molecule has 1 aromatic carbocycles. The van der Waals surface area contributed by atoms with Gasteiger partial charge in [0.25, 0.3) is 11.5 Å². The third-order valence-corrected chi connectivity index (χ3v) is 7.40. The van der Waals surface area contributed by atoms with Crippen molar-refractivity contribution in [3.05, 3.63) is 86.2 Å². The van der Waals surface area contributed by atoms with Gasteiger partial charge in [-0.25, -0.2) is 0 Å². The predicted octanol–water partition coefficient (Wildman–Crippen LogP) is 3.68. The van der Waals surface area contributed by atoms with Crippen LogP contribution in [0, 0.1) is 0 Å². The van der Waals surface area contributed by atoms with E-state index in [1.807, 2.05) is 36.7 Å². The van der Waals surface area contributed by atoms with E-state index in [2.05, 4.69) is 20.1 Å². The van der Waals surface area contributed by atoms with E-state index in [0.717, 1.165) is 36.4 Å². The number of aliphatic hydroxyl groups is 1. The number of aliphatic imine (C=N–C) groups is 1. The summed E-state index contributed by atoms with van der Waals surface area (Å²) in [4.78, 5) is 34.1. The Morgan fingerprint density at radius 1 is 1.19 bits per heavy atom. The average molecular weight is 524 g/mol. The van der Waals surface area contributed by atoms with Crippen molar-refractivity contribution in [1.29, 1.82) is 0 Å². The van der Waals surface area contributed by atoms with Gasteiger partial charge in [0, 0.05) is 37.8 Å². The molecule has 2 N–H and O–H groups in total. The molecule has 36 heavy (non-hydrogen) atoms. The summed E-state index contributed by atoms with van der Waals surface area (Å²) < 4.78 is 2.18. The Morgan fingerprint density at radius 2 is 2.08 bits per heavy atom. The van der Waals surface area contributed by atoms with Crippen molar-refractivity contribution in [3.8, 4) is 5.69 Å². The third-order valence-electron chi connectivity index (χ3n) is 6.17. The van der Waals surface area contributed by atoms with Gasteiger partial charge in [0.15, 0.2) is 0 Å². The first kappa shape index (κ1) is 24.3. The molecule has 0 bridgehead atoms. The van der Waals surface area contributed by atoms with Crippen LogP contribution in [-0.2, 0) is 0 Å². The third kappa shape index (κ3) is 5.38. The Kier molecular flexibility index (Phi) is 7.22. The van der Waals surface area contributed by atoms with Gasteiger partial charge in [-0.15, -0.1) is 11.3 Å². The second kappa shape index (κ2) is 10.7. The van der Waals surface area contributed by atoms with Crippen molar-refractivity contribution in [1.82, 2.24) is 9.88 Å². The van der Waals surface area contributed by atoms with Crippen molar-refractivity contribution < 1.29 is 9.90 Å². The zero-order valence-corrected chi connectivity index (χ0v) is 21.1. The number of carbonyl (C=O) groups excluding carboxylic acids is 1. The van der Waals surface area contributed by atoms with E-state index in [4.69, 9.17) is 11.6 Å². The van der Waals surface area contributed by atoms with Crippen LogP contribution in [0.2, 0.25) is 4.34 Å². The van der Waals surface area contributed by atoms with Crippen LogP contribution < -0.4 is 20.7 Å². The quantitative estimate of drug-likeness (QED) is 0.514. The van der Waals surface area contributed by atoms with Crippen LogP contribution in [0.4, 0.5) is 11.4 Å². The number of amides is 1. The molecule has 1 amide bonds. The Balaban J connectivity index is 1.43. The number of aromatic nitrogens is 1. The molecule has 0 aliphatic carbocycles. The number of nitrogens with one attached hydrogen (secondary N) is 1. The van der Waals surface area contributed by atoms with Gasteiger partial charge in [-0.05, 0) is 49.2 Å². The van der Waals surface area contributed by atoms with Crippen LogP contribution in [-0.4, -0.2) is 54.1 Å². The Bertz CT molecular complexity index is 1380. The monoisotopic (exact) mass is 523 g/mol. The van der Waals surface area contributed by atoms with Crippen molar-refractivity contribution in [2.75, 3.05) is 36.0 Å². The number of hydrogen-bond acceptors (Lipinski definition) is 7. The fourth-order valence-electron chi connectivity index (χ4n) is 4.44. The molecule has 2 aliphatic rings. The molecule has 2 aliphatic heterocycles. The number of β-amino-alcohol motifs (C(OH)–C–C–N with tert-alkyl or cyclic N) is 1. The van der Waals surface area contributed by atoms with Crippen LogP contribution in [0.1, 0.15) is 22.5 Å². The number of carbonyl (C=O) groups is 1. The Labute approximate surface area is 217 Å². The lowest BCUT2D eigenvalue weighted by atomic mass is 10.1. The van der Waals surface area contributed by atoms with Crippen molar-refractivity contribution in [2.45, 2.75) is 18.9 Å². The number of halogens is 1. The number of rotatable bonds is 6. The van der Waals surface area contributed by atoms with Crippen LogP contribution in [0.25, 0.3) is 5.69 Å². The van der Waals surface area contributed by atoms with Crippen molar-refractivity contribution in [3.63, 3.8) is 0 Å². The fraction of sp³-hybridized carbons (Fsp3) is 0.269. The molecule has 3 aromatic rings. The fourth-order valence-corrected chi connectivity index (χ4v) is 5.40. The van der Waals surface area contributed by atoms with Crippen LogP contribution in [0.15, 0.2) is 76.4 Å². The molecule has 186 valence electrons. The summed E-state index contributed by atoms with van der Waals surface area (Å²) in [5, 5.41) is 13.2. The average Bonchev–Trinajstić information content (AvgIpc) is 3.34. The minimum Gasteiger partial charge on any atom is -0.391 e. The van der Waals surface area contributed by atoms with Gasteiger partial charge in [-0.1, -0.05) is 17.7 Å². The van der Waals surface area contributed by atoms with Crippen LogP contribution >= 0.6 is 22.9 Å². The normalized spacial score (nSPS) is 17.7. The van der Waals surface area contributed by atoms with E-state index in [1.54, 1.807) is 29.0 Å². The van der Waals surface area contributed by atoms with E-state index >= 15 is 0 Å². The van der Waals surface area contributed by atoms with Gasteiger partial charge in [0.1, 0.15) is 0 Å². The lowest BCUT2D eigenvalue weighted by Crippen LogP contribution is -2.39. The molecular formula is C26H26ClN5O3S. The first-order valence-corrected chi connectivity index (χ1v) is 13.0. The van der Waals surface area contributed by atoms with E-state index in [1.165, 1.54) is 17.4 Å². The number of thiophene rings is 1. The van der Waals surface area contributed by atoms with E-state index in [0.29, 0.717) is 28.0 Å². The van der Waals surface area contributed by atoms with E-state index in [-0.39, 0.29) is 18.0 Å². The molecule has 0 saturated carbocycles. The maximum Gasteiger partial charge on any atom is 0.261 e. The summed E-state index contributed by atoms with van der Waals surface area (Å²) in [6.45, 7) is 2.18. The van der Waals surface area contributed by atoms with Gasteiger partial charge in [-0.2, -0.15) is 0 Å². The Hall–Kier alpha value is -3.40. The first-order valence-electron chi connectivity index (χ1n) is 11.8. The van der Waals surface area contributed by atoms with Gasteiger partial charge in [0.2, 0.25) is 0 Å². The smallest absolute Gasteiger partial charge is 0.261 e. The van der Waals surface area contributed by atoms with E-state index in [9.17, 15) is 14.7 Å². The molecule has 8 nitrogen and oxygen atoms in total. The predicted molar refractivity (Wildman–Crippen MR) is 145 cm³/mol. The molecule has 4 heterocycles. The maximum atomic E-state index is 12.5. The first-order chi connectivity index (χ1) is 17.5. The number of nitrogens with zero attached hydrogens (tertiary/aromatic N) is 4. The molecule has 0 radical (unpaired) electrons. The second-order valence-electron chi connectivity index (χ2n) is 8.69. The number of aliphatic hydroxyl groups excluding tert-OH is 1. The minimum absolute atomic E-state index is 0.107. The van der Waals surface area contributed by atoms with Gasteiger partial charge in [0.05, 0.1) is 51.2 Å². The summed E-state index contributed by atoms with van der Waals surface area (Å²) in [5.74, 6) is -0.194. The zero-order valence-electron chi connectivity index (χ0n) is 19.5. The van der Waals surface area contributed by atoms with Crippen LogP contribution in [0.5, 0.6) is 0 Å². The lowest BCUT2D eigenvalue weighted by molar-refractivity contribution is 0.0961. The molecule has 1 fully saturated rings. The molecule has 10 heteroatoms. The minimum atomic E-state index is -0.398. The highest BCUT2D eigenvalue weighted by molar-refractivity contribution is 7.18. The van der Waals surface area contributed by atoms with Crippen molar-refractivity contribution >= 4 is 46.4 Å². The van der Waals surface area contributed by atoms with Crippen LogP contribution in [0.3, 0.4) is 0 Å². The largest absolute Gasteiger partial charge is 0.391 e. The van der Waals surface area contributed by atoms with Gasteiger partial charge in [-0.3, -0.25) is 19.1 Å². The van der Waals surface area contributed by atoms with Gasteiger partial charge >= 0.3 is 0 Å². The number of piperidine rings is 1. The number of benzene rings is 1. The summed E-state index contributed by atoms with van der Waals surface area (Å²) >= 11 is 7.18. The number of hydrogen-bond donors (Lipinski definition) is 2. The SMILES string of the molecule is O=C(NCC1=CN(c2ccc(-n3ccccc3=O)cc2N2CCC[C@@H](O)C2)CC=N1)c1ccc(Cl)s1. The topological polar surface area (TPSA) is 90.2 Å². The summed E-state index contributed by atoms with van der Waals surface area (Å²) in [6.07, 6.45) is 6.76. The molecule has 5 rings (SSSR count).